The molecule has 0 saturated carbocycles. The first-order chi connectivity index (χ1) is 9.25. The number of benzene rings is 1. The summed E-state index contributed by atoms with van der Waals surface area (Å²) in [5, 5.41) is 2.47. The number of nitrogens with one attached hydrogen (secondary N) is 1. The van der Waals surface area contributed by atoms with Crippen LogP contribution >= 0.6 is 0 Å². The Hall–Kier alpha value is -1.52. The van der Waals surface area contributed by atoms with Gasteiger partial charge in [-0.1, -0.05) is 39.3 Å². The third-order valence-corrected chi connectivity index (χ3v) is 4.12. The molecular weight excluding hydrogens is 267 g/mol. The number of hydrogen-bond acceptors (Lipinski definition) is 1. The zero-order valence-electron chi connectivity index (χ0n) is 11.8. The molecule has 20 heavy (non-hydrogen) atoms. The Kier molecular flexibility index (Phi) is 3.56. The number of hydrogen-bond donors (Lipinski definition) is 1. The molecule has 110 valence electrons. The minimum absolute atomic E-state index is 0.0628. The molecule has 0 bridgehead atoms. The number of alkyl halides is 3. The van der Waals surface area contributed by atoms with Crippen molar-refractivity contribution in [3.05, 3.63) is 29.3 Å². The van der Waals surface area contributed by atoms with E-state index in [1.807, 2.05) is 20.8 Å². The first-order valence-electron chi connectivity index (χ1n) is 6.77. The lowest BCUT2D eigenvalue weighted by Gasteiger charge is -2.31. The van der Waals surface area contributed by atoms with Crippen molar-refractivity contribution in [3.8, 4) is 0 Å². The first-order valence-corrected chi connectivity index (χ1v) is 6.77. The highest BCUT2D eigenvalue weighted by Gasteiger charge is 2.51. The largest absolute Gasteiger partial charge is 0.418 e. The number of para-hydroxylation sites is 1. The van der Waals surface area contributed by atoms with Crippen LogP contribution in [0.5, 0.6) is 0 Å². The van der Waals surface area contributed by atoms with Gasteiger partial charge in [0.05, 0.1) is 16.7 Å². The summed E-state index contributed by atoms with van der Waals surface area (Å²) in [7, 11) is 0. The maximum absolute atomic E-state index is 13.1. The van der Waals surface area contributed by atoms with Gasteiger partial charge in [-0.25, -0.2) is 0 Å². The number of rotatable bonds is 3. The summed E-state index contributed by atoms with van der Waals surface area (Å²) in [6, 6.07) is 4.04. The normalized spacial score (nSPS) is 22.1. The van der Waals surface area contributed by atoms with Crippen LogP contribution in [-0.2, 0) is 16.4 Å². The van der Waals surface area contributed by atoms with E-state index in [4.69, 9.17) is 0 Å². The van der Waals surface area contributed by atoms with Crippen molar-refractivity contribution < 1.29 is 18.0 Å². The topological polar surface area (TPSA) is 29.1 Å². The molecule has 0 spiro atoms. The van der Waals surface area contributed by atoms with Crippen LogP contribution < -0.4 is 5.32 Å². The van der Waals surface area contributed by atoms with Gasteiger partial charge in [0.2, 0.25) is 5.91 Å². The van der Waals surface area contributed by atoms with Crippen LogP contribution in [0.2, 0.25) is 0 Å². The van der Waals surface area contributed by atoms with Gasteiger partial charge in [-0.15, -0.1) is 0 Å². The number of halogens is 3. The van der Waals surface area contributed by atoms with Crippen LogP contribution in [0, 0.1) is 5.92 Å². The quantitative estimate of drug-likeness (QED) is 0.878. The number of anilines is 1. The van der Waals surface area contributed by atoms with Crippen molar-refractivity contribution in [2.45, 2.75) is 45.2 Å². The molecule has 1 heterocycles. The Balaban J connectivity index is 2.68. The smallest absolute Gasteiger partial charge is 0.324 e. The van der Waals surface area contributed by atoms with E-state index < -0.39 is 17.2 Å². The predicted octanol–water partition coefficient (Wildman–Crippen LogP) is 4.35. The van der Waals surface area contributed by atoms with E-state index in [1.165, 1.54) is 6.07 Å². The average molecular weight is 285 g/mol. The van der Waals surface area contributed by atoms with E-state index in [0.29, 0.717) is 12.0 Å². The van der Waals surface area contributed by atoms with Gasteiger partial charge in [-0.2, -0.15) is 13.2 Å². The van der Waals surface area contributed by atoms with Gasteiger partial charge in [0.15, 0.2) is 0 Å². The fourth-order valence-corrected chi connectivity index (χ4v) is 3.15. The summed E-state index contributed by atoms with van der Waals surface area (Å²) in [5.41, 5.74) is -1.20. The molecule has 1 aromatic carbocycles. The Morgan fingerprint density at radius 3 is 2.45 bits per heavy atom. The fraction of sp³-hybridized carbons (Fsp3) is 0.533. The lowest BCUT2D eigenvalue weighted by molar-refractivity contribution is -0.136. The molecule has 1 N–H and O–H groups in total. The van der Waals surface area contributed by atoms with E-state index in [2.05, 4.69) is 5.32 Å². The third-order valence-electron chi connectivity index (χ3n) is 4.12. The second-order valence-corrected chi connectivity index (χ2v) is 5.56. The van der Waals surface area contributed by atoms with Crippen LogP contribution in [0.1, 0.15) is 44.7 Å². The van der Waals surface area contributed by atoms with Crippen molar-refractivity contribution in [1.82, 2.24) is 0 Å². The Bertz CT molecular complexity index is 536. The number of carbonyl (C=O) groups is 1. The first kappa shape index (κ1) is 14.9. The molecule has 5 heteroatoms. The molecule has 1 aliphatic rings. The zero-order chi connectivity index (χ0) is 15.1. The van der Waals surface area contributed by atoms with Crippen molar-refractivity contribution in [2.75, 3.05) is 5.32 Å². The zero-order valence-corrected chi connectivity index (χ0v) is 11.8. The van der Waals surface area contributed by atoms with Crippen molar-refractivity contribution in [3.63, 3.8) is 0 Å². The maximum atomic E-state index is 13.1. The SMILES string of the molecule is CCCC1(C(C)C)C(=O)Nc2c(C(F)(F)F)cccc21. The lowest BCUT2D eigenvalue weighted by Crippen LogP contribution is -2.39. The van der Waals surface area contributed by atoms with E-state index in [-0.39, 0.29) is 17.5 Å². The molecule has 2 rings (SSSR count). The Labute approximate surface area is 116 Å². The van der Waals surface area contributed by atoms with Gasteiger partial charge >= 0.3 is 6.18 Å². The molecule has 1 unspecified atom stereocenters. The average Bonchev–Trinajstić information content (AvgIpc) is 2.62. The number of carbonyl (C=O) groups excluding carboxylic acids is 1. The maximum Gasteiger partial charge on any atom is 0.418 e. The Morgan fingerprint density at radius 2 is 1.95 bits per heavy atom. The molecule has 2 nitrogen and oxygen atoms in total. The summed E-state index contributed by atoms with van der Waals surface area (Å²) >= 11 is 0. The van der Waals surface area contributed by atoms with E-state index in [0.717, 1.165) is 12.5 Å². The molecule has 0 aromatic heterocycles. The van der Waals surface area contributed by atoms with Crippen LogP contribution in [0.4, 0.5) is 18.9 Å². The highest BCUT2D eigenvalue weighted by molar-refractivity contribution is 6.07. The van der Waals surface area contributed by atoms with Crippen molar-refractivity contribution >= 4 is 11.6 Å². The number of fused-ring (bicyclic) bond motifs is 1. The lowest BCUT2D eigenvalue weighted by atomic mass is 9.69. The molecular formula is C15H18F3NO. The highest BCUT2D eigenvalue weighted by atomic mass is 19.4. The highest BCUT2D eigenvalue weighted by Crippen LogP contribution is 2.50. The minimum Gasteiger partial charge on any atom is -0.324 e. The summed E-state index contributed by atoms with van der Waals surface area (Å²) < 4.78 is 39.2. The van der Waals surface area contributed by atoms with Gasteiger partial charge < -0.3 is 5.32 Å². The van der Waals surface area contributed by atoms with Gasteiger partial charge in [0.1, 0.15) is 0 Å². The van der Waals surface area contributed by atoms with Crippen molar-refractivity contribution in [2.24, 2.45) is 5.92 Å². The van der Waals surface area contributed by atoms with Gasteiger partial charge in [0.25, 0.3) is 0 Å². The van der Waals surface area contributed by atoms with Gasteiger partial charge in [0, 0.05) is 0 Å². The second-order valence-electron chi connectivity index (χ2n) is 5.56. The minimum atomic E-state index is -4.46. The molecule has 0 fully saturated rings. The van der Waals surface area contributed by atoms with Crippen molar-refractivity contribution in [1.29, 1.82) is 0 Å². The summed E-state index contributed by atoms with van der Waals surface area (Å²) in [5.74, 6) is -0.381. The molecule has 1 aliphatic heterocycles. The van der Waals surface area contributed by atoms with Crippen LogP contribution in [0.25, 0.3) is 0 Å². The predicted molar refractivity (Wildman–Crippen MR) is 71.5 cm³/mol. The van der Waals surface area contributed by atoms with Crippen LogP contribution in [-0.4, -0.2) is 5.91 Å². The fourth-order valence-electron chi connectivity index (χ4n) is 3.15. The van der Waals surface area contributed by atoms with E-state index >= 15 is 0 Å². The number of amides is 1. The molecule has 0 aliphatic carbocycles. The standard InChI is InChI=1S/C15H18F3NO/c1-4-8-14(9(2)3)10-6-5-7-11(15(16,17)18)12(10)19-13(14)20/h5-7,9H,4,8H2,1-3H3,(H,19,20). The second kappa shape index (κ2) is 4.79. The van der Waals surface area contributed by atoms with Gasteiger partial charge in [-0.3, -0.25) is 4.79 Å². The summed E-state index contributed by atoms with van der Waals surface area (Å²) in [6.45, 7) is 5.69. The molecule has 1 atom stereocenters. The van der Waals surface area contributed by atoms with Crippen LogP contribution in [0.3, 0.4) is 0 Å². The summed E-state index contributed by atoms with van der Waals surface area (Å²) in [4.78, 5) is 12.4. The molecule has 1 aromatic rings. The molecule has 1 amide bonds. The third kappa shape index (κ3) is 2.00. The Morgan fingerprint density at radius 1 is 1.30 bits per heavy atom. The monoisotopic (exact) mass is 285 g/mol. The van der Waals surface area contributed by atoms with E-state index in [1.54, 1.807) is 6.07 Å². The van der Waals surface area contributed by atoms with Gasteiger partial charge in [-0.05, 0) is 24.0 Å². The molecule has 0 radical (unpaired) electrons. The molecule has 0 saturated heterocycles. The van der Waals surface area contributed by atoms with E-state index in [9.17, 15) is 18.0 Å². The summed E-state index contributed by atoms with van der Waals surface area (Å²) in [6.07, 6.45) is -3.18. The van der Waals surface area contributed by atoms with Crippen LogP contribution in [0.15, 0.2) is 18.2 Å².